The van der Waals surface area contributed by atoms with Crippen LogP contribution in [0, 0.1) is 13.8 Å². The summed E-state index contributed by atoms with van der Waals surface area (Å²) in [5, 5.41) is 13.7. The Bertz CT molecular complexity index is 425. The number of phenols is 1. The highest BCUT2D eigenvalue weighted by molar-refractivity contribution is 5.52. The zero-order valence-electron chi connectivity index (χ0n) is 8.10. The molecule has 0 saturated heterocycles. The second-order valence-electron chi connectivity index (χ2n) is 3.29. The van der Waals surface area contributed by atoms with Crippen LogP contribution in [0.3, 0.4) is 0 Å². The number of hydrogen-bond acceptors (Lipinski definition) is 3. The Balaban J connectivity index is 2.64. The van der Waals surface area contributed by atoms with Gasteiger partial charge in [0.2, 0.25) is 0 Å². The van der Waals surface area contributed by atoms with Crippen molar-refractivity contribution in [3.63, 3.8) is 0 Å². The number of rotatable bonds is 1. The van der Waals surface area contributed by atoms with Crippen LogP contribution in [0.15, 0.2) is 24.8 Å². The molecule has 0 saturated carbocycles. The smallest absolute Gasteiger partial charge is 0.141 e. The van der Waals surface area contributed by atoms with E-state index in [2.05, 4.69) is 10.1 Å². The van der Waals surface area contributed by atoms with E-state index in [9.17, 15) is 5.11 Å². The van der Waals surface area contributed by atoms with Gasteiger partial charge in [0, 0.05) is 0 Å². The molecular weight excluding hydrogens is 178 g/mol. The van der Waals surface area contributed by atoms with Crippen LogP contribution in [0.5, 0.6) is 5.75 Å². The average Bonchev–Trinajstić information content (AvgIpc) is 2.54. The van der Waals surface area contributed by atoms with Crippen molar-refractivity contribution in [1.82, 2.24) is 14.8 Å². The van der Waals surface area contributed by atoms with Gasteiger partial charge in [-0.15, -0.1) is 0 Å². The molecule has 1 heterocycles. The van der Waals surface area contributed by atoms with Gasteiger partial charge in [0.1, 0.15) is 24.1 Å². The van der Waals surface area contributed by atoms with Gasteiger partial charge in [0.15, 0.2) is 0 Å². The van der Waals surface area contributed by atoms with Gasteiger partial charge in [0.25, 0.3) is 0 Å². The lowest BCUT2D eigenvalue weighted by Crippen LogP contribution is -1.98. The fourth-order valence-electron chi connectivity index (χ4n) is 1.56. The van der Waals surface area contributed by atoms with E-state index in [1.807, 2.05) is 19.9 Å². The van der Waals surface area contributed by atoms with Gasteiger partial charge in [-0.25, -0.2) is 9.67 Å². The lowest BCUT2D eigenvalue weighted by molar-refractivity contribution is 0.469. The van der Waals surface area contributed by atoms with Crippen LogP contribution in [-0.4, -0.2) is 19.9 Å². The topological polar surface area (TPSA) is 50.9 Å². The van der Waals surface area contributed by atoms with Crippen molar-refractivity contribution in [3.8, 4) is 11.4 Å². The number of aromatic hydroxyl groups is 1. The first-order chi connectivity index (χ1) is 6.68. The van der Waals surface area contributed by atoms with Crippen molar-refractivity contribution in [3.05, 3.63) is 35.9 Å². The first kappa shape index (κ1) is 8.74. The lowest BCUT2D eigenvalue weighted by Gasteiger charge is -2.08. The zero-order chi connectivity index (χ0) is 10.1. The molecular formula is C10H11N3O. The number of phenolic OH excluding ortho intramolecular Hbond substituents is 1. The van der Waals surface area contributed by atoms with Gasteiger partial charge in [-0.05, 0) is 31.0 Å². The second kappa shape index (κ2) is 3.14. The van der Waals surface area contributed by atoms with Gasteiger partial charge in [0.05, 0.1) is 0 Å². The highest BCUT2D eigenvalue weighted by Crippen LogP contribution is 2.25. The number of aromatic nitrogens is 3. The number of aryl methyl sites for hydroxylation is 2. The molecule has 0 radical (unpaired) electrons. The van der Waals surface area contributed by atoms with E-state index in [1.54, 1.807) is 17.1 Å². The van der Waals surface area contributed by atoms with E-state index < -0.39 is 0 Å². The summed E-state index contributed by atoms with van der Waals surface area (Å²) in [6.45, 7) is 3.88. The van der Waals surface area contributed by atoms with Crippen molar-refractivity contribution >= 4 is 0 Å². The highest BCUT2D eigenvalue weighted by atomic mass is 16.3. The van der Waals surface area contributed by atoms with Crippen molar-refractivity contribution in [2.24, 2.45) is 0 Å². The first-order valence-corrected chi connectivity index (χ1v) is 4.33. The van der Waals surface area contributed by atoms with Crippen molar-refractivity contribution in [2.45, 2.75) is 13.8 Å². The Morgan fingerprint density at radius 2 is 2.07 bits per heavy atom. The Morgan fingerprint density at radius 1 is 1.29 bits per heavy atom. The van der Waals surface area contributed by atoms with Crippen LogP contribution in [0.4, 0.5) is 0 Å². The Labute approximate surface area is 81.8 Å². The van der Waals surface area contributed by atoms with Crippen LogP contribution >= 0.6 is 0 Å². The molecule has 0 aliphatic heterocycles. The van der Waals surface area contributed by atoms with Crippen LogP contribution in [0.2, 0.25) is 0 Å². The molecule has 1 N–H and O–H groups in total. The largest absolute Gasteiger partial charge is 0.506 e. The van der Waals surface area contributed by atoms with E-state index in [4.69, 9.17) is 0 Å². The Morgan fingerprint density at radius 3 is 2.64 bits per heavy atom. The quantitative estimate of drug-likeness (QED) is 0.741. The second-order valence-corrected chi connectivity index (χ2v) is 3.29. The maximum Gasteiger partial charge on any atom is 0.141 e. The first-order valence-electron chi connectivity index (χ1n) is 4.33. The minimum absolute atomic E-state index is 0.230. The van der Waals surface area contributed by atoms with Gasteiger partial charge < -0.3 is 5.11 Å². The van der Waals surface area contributed by atoms with Gasteiger partial charge in [-0.2, -0.15) is 5.10 Å². The summed E-state index contributed by atoms with van der Waals surface area (Å²) in [5.41, 5.74) is 2.70. The molecule has 14 heavy (non-hydrogen) atoms. The molecule has 0 aliphatic rings. The molecule has 0 bridgehead atoms. The summed E-state index contributed by atoms with van der Waals surface area (Å²) in [6, 6.07) is 3.71. The molecule has 4 nitrogen and oxygen atoms in total. The monoisotopic (exact) mass is 189 g/mol. The number of nitrogens with zero attached hydrogens (tertiary/aromatic N) is 3. The molecule has 0 spiro atoms. The zero-order valence-corrected chi connectivity index (χ0v) is 8.10. The molecule has 1 aromatic heterocycles. The SMILES string of the molecule is Cc1cc(C)c(-n2cncn2)c(O)c1. The third-order valence-electron chi connectivity index (χ3n) is 2.07. The molecule has 0 aliphatic carbocycles. The molecule has 72 valence electrons. The lowest BCUT2D eigenvalue weighted by atomic mass is 10.1. The number of hydrogen-bond donors (Lipinski definition) is 1. The molecule has 1 aromatic carbocycles. The van der Waals surface area contributed by atoms with Crippen molar-refractivity contribution in [2.75, 3.05) is 0 Å². The van der Waals surface area contributed by atoms with Crippen LogP contribution < -0.4 is 0 Å². The molecule has 4 heteroatoms. The highest BCUT2D eigenvalue weighted by Gasteiger charge is 2.08. The normalized spacial score (nSPS) is 10.4. The van der Waals surface area contributed by atoms with Gasteiger partial charge >= 0.3 is 0 Å². The molecule has 0 fully saturated rings. The van der Waals surface area contributed by atoms with Crippen LogP contribution in [-0.2, 0) is 0 Å². The van der Waals surface area contributed by atoms with E-state index >= 15 is 0 Å². The fraction of sp³-hybridized carbons (Fsp3) is 0.200. The predicted molar refractivity (Wildman–Crippen MR) is 52.5 cm³/mol. The molecule has 2 rings (SSSR count). The van der Waals surface area contributed by atoms with Crippen LogP contribution in [0.25, 0.3) is 5.69 Å². The van der Waals surface area contributed by atoms with Crippen molar-refractivity contribution in [1.29, 1.82) is 0 Å². The average molecular weight is 189 g/mol. The third-order valence-corrected chi connectivity index (χ3v) is 2.07. The minimum Gasteiger partial charge on any atom is -0.506 e. The summed E-state index contributed by atoms with van der Waals surface area (Å²) >= 11 is 0. The summed E-state index contributed by atoms with van der Waals surface area (Å²) in [5.74, 6) is 0.230. The molecule has 0 atom stereocenters. The third kappa shape index (κ3) is 1.35. The van der Waals surface area contributed by atoms with Crippen LogP contribution in [0.1, 0.15) is 11.1 Å². The van der Waals surface area contributed by atoms with Gasteiger partial charge in [-0.3, -0.25) is 0 Å². The molecule has 0 unspecified atom stereocenters. The predicted octanol–water partition coefficient (Wildman–Crippen LogP) is 1.59. The summed E-state index contributed by atoms with van der Waals surface area (Å²) < 4.78 is 1.56. The van der Waals surface area contributed by atoms with Gasteiger partial charge in [-0.1, -0.05) is 6.07 Å². The standard InChI is InChI=1S/C10H11N3O/c1-7-3-8(2)10(9(14)4-7)13-6-11-5-12-13/h3-6,14H,1-2H3. The summed E-state index contributed by atoms with van der Waals surface area (Å²) in [6.07, 6.45) is 3.01. The summed E-state index contributed by atoms with van der Waals surface area (Å²) in [7, 11) is 0. The minimum atomic E-state index is 0.230. The summed E-state index contributed by atoms with van der Waals surface area (Å²) in [4.78, 5) is 3.84. The Kier molecular flexibility index (Phi) is 1.96. The van der Waals surface area contributed by atoms with E-state index in [1.165, 1.54) is 6.33 Å². The molecule has 2 aromatic rings. The van der Waals surface area contributed by atoms with E-state index in [-0.39, 0.29) is 5.75 Å². The van der Waals surface area contributed by atoms with E-state index in [0.29, 0.717) is 5.69 Å². The maximum atomic E-state index is 9.76. The van der Waals surface area contributed by atoms with E-state index in [0.717, 1.165) is 11.1 Å². The van der Waals surface area contributed by atoms with Crippen molar-refractivity contribution < 1.29 is 5.11 Å². The fourth-order valence-corrected chi connectivity index (χ4v) is 1.56. The molecule has 0 amide bonds. The number of benzene rings is 1. The Hall–Kier alpha value is -1.84. The maximum absolute atomic E-state index is 9.76.